The molecule has 10 heteroatoms. The highest BCUT2D eigenvalue weighted by Crippen LogP contribution is 2.31. The van der Waals surface area contributed by atoms with Crippen LogP contribution in [0.5, 0.6) is 0 Å². The molecular weight excluding hydrogens is 465 g/mol. The Kier molecular flexibility index (Phi) is 8.70. The Bertz CT molecular complexity index is 990. The van der Waals surface area contributed by atoms with Crippen LogP contribution in [0.1, 0.15) is 10.4 Å². The summed E-state index contributed by atoms with van der Waals surface area (Å²) in [5.41, 5.74) is 8.18. The summed E-state index contributed by atoms with van der Waals surface area (Å²) in [7, 11) is 0. The summed E-state index contributed by atoms with van der Waals surface area (Å²) in [6.45, 7) is 4.84. The molecule has 1 atom stereocenters. The highest BCUT2D eigenvalue weighted by molar-refractivity contribution is 7.19. The van der Waals surface area contributed by atoms with E-state index in [1.807, 2.05) is 29.2 Å². The van der Waals surface area contributed by atoms with Crippen LogP contribution in [0.2, 0.25) is 5.02 Å². The third-order valence-corrected chi connectivity index (χ3v) is 6.28. The van der Waals surface area contributed by atoms with Gasteiger partial charge >= 0.3 is 0 Å². The molecule has 0 spiro atoms. The normalized spacial score (nSPS) is 14.8. The van der Waals surface area contributed by atoms with E-state index in [1.54, 1.807) is 17.7 Å². The minimum Gasteiger partial charge on any atom is -0.352 e. The quantitative estimate of drug-likeness (QED) is 0.606. The average Bonchev–Trinajstić information content (AvgIpc) is 3.09. The van der Waals surface area contributed by atoms with Crippen LogP contribution in [0.4, 0.5) is 5.82 Å². The molecule has 0 aliphatic carbocycles. The van der Waals surface area contributed by atoms with Crippen molar-refractivity contribution in [3.05, 3.63) is 52.1 Å². The summed E-state index contributed by atoms with van der Waals surface area (Å²) in [6, 6.07) is 9.01. The molecule has 0 saturated carbocycles. The Hall–Kier alpha value is -1.64. The summed E-state index contributed by atoms with van der Waals surface area (Å²) >= 11 is 7.63. The number of halogens is 3. The number of aryl methyl sites for hydroxylation is 1. The van der Waals surface area contributed by atoms with Gasteiger partial charge in [0.05, 0.1) is 16.3 Å². The third-order valence-electron chi connectivity index (χ3n) is 4.99. The Morgan fingerprint density at radius 3 is 2.50 bits per heavy atom. The third kappa shape index (κ3) is 5.34. The largest absolute Gasteiger partial charge is 0.352 e. The monoisotopic (exact) mass is 487 g/mol. The summed E-state index contributed by atoms with van der Waals surface area (Å²) in [6.07, 6.45) is 2.13. The molecule has 4 rings (SSSR count). The number of rotatable bonds is 4. The van der Waals surface area contributed by atoms with Crippen LogP contribution in [0.25, 0.3) is 10.2 Å². The second kappa shape index (κ2) is 10.6. The zero-order chi connectivity index (χ0) is 19.7. The van der Waals surface area contributed by atoms with Crippen LogP contribution in [0.3, 0.4) is 0 Å². The van der Waals surface area contributed by atoms with Gasteiger partial charge in [0.15, 0.2) is 0 Å². The first-order valence-electron chi connectivity index (χ1n) is 9.26. The first-order chi connectivity index (χ1) is 13.5. The Balaban J connectivity index is 0.00000160. The van der Waals surface area contributed by atoms with E-state index in [1.165, 1.54) is 4.88 Å². The fraction of sp³-hybridized carbons (Fsp3) is 0.350. The lowest BCUT2D eigenvalue weighted by Gasteiger charge is -2.36. The minimum atomic E-state index is -0.543. The lowest BCUT2D eigenvalue weighted by molar-refractivity contribution is -0.132. The van der Waals surface area contributed by atoms with Crippen LogP contribution in [0, 0.1) is 6.92 Å². The van der Waals surface area contributed by atoms with Gasteiger partial charge in [-0.1, -0.05) is 23.7 Å². The number of benzene rings is 1. The van der Waals surface area contributed by atoms with Gasteiger partial charge in [-0.05, 0) is 37.1 Å². The summed E-state index contributed by atoms with van der Waals surface area (Å²) in [5.74, 6) is 0.954. The SMILES string of the molecule is Cc1cc2ncnc(N3CCN(C(=O)C(N)Cc4ccc(Cl)cc4)CC3)c2s1.Cl.Cl. The molecule has 6 nitrogen and oxygen atoms in total. The molecule has 1 aromatic carbocycles. The number of nitrogens with zero attached hydrogens (tertiary/aromatic N) is 4. The molecule has 2 aromatic heterocycles. The molecule has 1 aliphatic heterocycles. The van der Waals surface area contributed by atoms with Crippen LogP contribution < -0.4 is 10.6 Å². The summed E-state index contributed by atoms with van der Waals surface area (Å²) in [5, 5.41) is 0.680. The number of anilines is 1. The van der Waals surface area contributed by atoms with Crippen molar-refractivity contribution in [1.29, 1.82) is 0 Å². The van der Waals surface area contributed by atoms with E-state index in [2.05, 4.69) is 27.9 Å². The van der Waals surface area contributed by atoms with Gasteiger partial charge < -0.3 is 15.5 Å². The fourth-order valence-corrected chi connectivity index (χ4v) is 4.63. The number of nitrogens with two attached hydrogens (primary N) is 1. The van der Waals surface area contributed by atoms with Gasteiger partial charge in [0.25, 0.3) is 0 Å². The van der Waals surface area contributed by atoms with E-state index < -0.39 is 6.04 Å². The molecular formula is C20H24Cl3N5OS. The van der Waals surface area contributed by atoms with E-state index in [4.69, 9.17) is 17.3 Å². The number of thiophene rings is 1. The van der Waals surface area contributed by atoms with Crippen molar-refractivity contribution in [3.8, 4) is 0 Å². The molecule has 3 heterocycles. The molecule has 1 aliphatic rings. The summed E-state index contributed by atoms with van der Waals surface area (Å²) < 4.78 is 1.11. The van der Waals surface area contributed by atoms with Crippen molar-refractivity contribution < 1.29 is 4.79 Å². The van der Waals surface area contributed by atoms with Crippen molar-refractivity contribution >= 4 is 69.7 Å². The predicted molar refractivity (Wildman–Crippen MR) is 129 cm³/mol. The second-order valence-corrected chi connectivity index (χ2v) is 8.71. The van der Waals surface area contributed by atoms with Gasteiger partial charge in [0, 0.05) is 36.1 Å². The number of piperazine rings is 1. The van der Waals surface area contributed by atoms with Gasteiger partial charge in [0.2, 0.25) is 5.91 Å². The van der Waals surface area contributed by atoms with Crippen LogP contribution >= 0.6 is 47.8 Å². The van der Waals surface area contributed by atoms with Gasteiger partial charge in [-0.2, -0.15) is 0 Å². The molecule has 1 unspecified atom stereocenters. The fourth-order valence-electron chi connectivity index (χ4n) is 3.52. The molecule has 0 bridgehead atoms. The summed E-state index contributed by atoms with van der Waals surface area (Å²) in [4.78, 5) is 26.9. The van der Waals surface area contributed by atoms with Gasteiger partial charge in [0.1, 0.15) is 12.1 Å². The lowest BCUT2D eigenvalue weighted by atomic mass is 10.1. The van der Waals surface area contributed by atoms with Gasteiger partial charge in [-0.25, -0.2) is 9.97 Å². The number of carbonyl (C=O) groups is 1. The van der Waals surface area contributed by atoms with Crippen molar-refractivity contribution in [2.24, 2.45) is 5.73 Å². The van der Waals surface area contributed by atoms with Crippen molar-refractivity contribution in [2.45, 2.75) is 19.4 Å². The smallest absolute Gasteiger partial charge is 0.239 e. The van der Waals surface area contributed by atoms with Crippen LogP contribution in [-0.4, -0.2) is 53.0 Å². The molecule has 1 fully saturated rings. The minimum absolute atomic E-state index is 0. The Morgan fingerprint density at radius 1 is 1.17 bits per heavy atom. The molecule has 162 valence electrons. The van der Waals surface area contributed by atoms with E-state index in [0.29, 0.717) is 24.5 Å². The molecule has 3 aromatic rings. The van der Waals surface area contributed by atoms with E-state index in [9.17, 15) is 4.79 Å². The molecule has 1 amide bonds. The van der Waals surface area contributed by atoms with Crippen LogP contribution in [0.15, 0.2) is 36.7 Å². The number of carbonyl (C=O) groups excluding carboxylic acids is 1. The second-order valence-electron chi connectivity index (χ2n) is 7.02. The standard InChI is InChI=1S/C20H22ClN5OS.2ClH/c1-13-10-17-18(28-13)19(24-12-23-17)25-6-8-26(9-7-25)20(27)16(22)11-14-2-4-15(21)5-3-14;;/h2-5,10,12,16H,6-9,11,22H2,1H3;2*1H. The highest BCUT2D eigenvalue weighted by atomic mass is 35.5. The maximum atomic E-state index is 12.8. The first-order valence-corrected chi connectivity index (χ1v) is 10.5. The number of amides is 1. The average molecular weight is 489 g/mol. The molecule has 2 N–H and O–H groups in total. The number of aromatic nitrogens is 2. The predicted octanol–water partition coefficient (Wildman–Crippen LogP) is 3.72. The number of hydrogen-bond acceptors (Lipinski definition) is 6. The Morgan fingerprint density at radius 2 is 1.83 bits per heavy atom. The van der Waals surface area contributed by atoms with Crippen molar-refractivity contribution in [2.75, 3.05) is 31.1 Å². The number of hydrogen-bond donors (Lipinski definition) is 1. The van der Waals surface area contributed by atoms with Crippen LogP contribution in [-0.2, 0) is 11.2 Å². The van der Waals surface area contributed by atoms with Crippen molar-refractivity contribution in [1.82, 2.24) is 14.9 Å². The van der Waals surface area contributed by atoms with E-state index in [0.717, 1.165) is 34.7 Å². The number of fused-ring (bicyclic) bond motifs is 1. The highest BCUT2D eigenvalue weighted by Gasteiger charge is 2.27. The molecule has 0 radical (unpaired) electrons. The van der Waals surface area contributed by atoms with Gasteiger partial charge in [-0.15, -0.1) is 36.2 Å². The Labute approximate surface area is 197 Å². The van der Waals surface area contributed by atoms with Gasteiger partial charge in [-0.3, -0.25) is 4.79 Å². The maximum absolute atomic E-state index is 12.8. The zero-order valence-electron chi connectivity index (χ0n) is 16.5. The van der Waals surface area contributed by atoms with Crippen molar-refractivity contribution in [3.63, 3.8) is 0 Å². The lowest BCUT2D eigenvalue weighted by Crippen LogP contribution is -2.53. The maximum Gasteiger partial charge on any atom is 0.239 e. The van der Waals surface area contributed by atoms with E-state index >= 15 is 0 Å². The zero-order valence-corrected chi connectivity index (χ0v) is 19.7. The topological polar surface area (TPSA) is 75.4 Å². The molecule has 30 heavy (non-hydrogen) atoms. The molecule has 1 saturated heterocycles. The first kappa shape index (κ1) is 24.6. The van der Waals surface area contributed by atoms with E-state index in [-0.39, 0.29) is 30.7 Å².